The van der Waals surface area contributed by atoms with E-state index < -0.39 is 0 Å². The molecule has 1 heterocycles. The van der Waals surface area contributed by atoms with E-state index in [1.54, 1.807) is 0 Å². The molecule has 0 saturated heterocycles. The first-order valence-electron chi connectivity index (χ1n) is 5.56. The fourth-order valence-corrected chi connectivity index (χ4v) is 1.54. The number of anilines is 1. The quantitative estimate of drug-likeness (QED) is 0.756. The molecule has 0 aliphatic rings. The maximum absolute atomic E-state index is 4.49. The summed E-state index contributed by atoms with van der Waals surface area (Å²) in [5.41, 5.74) is 1.35. The van der Waals surface area contributed by atoms with Crippen LogP contribution in [0.4, 0.5) is 5.82 Å². The SMILES string of the molecule is CCCCn1nc(NC)cc1CCC. The van der Waals surface area contributed by atoms with Crippen molar-refractivity contribution in [3.63, 3.8) is 0 Å². The van der Waals surface area contributed by atoms with Crippen molar-refractivity contribution in [2.24, 2.45) is 0 Å². The smallest absolute Gasteiger partial charge is 0.148 e. The number of aromatic nitrogens is 2. The van der Waals surface area contributed by atoms with Gasteiger partial charge in [0.1, 0.15) is 5.82 Å². The number of hydrogen-bond donors (Lipinski definition) is 1. The molecule has 0 saturated carbocycles. The molecule has 0 aliphatic carbocycles. The van der Waals surface area contributed by atoms with E-state index in [0.717, 1.165) is 18.8 Å². The zero-order chi connectivity index (χ0) is 10.4. The number of nitrogens with zero attached hydrogens (tertiary/aromatic N) is 2. The van der Waals surface area contributed by atoms with Crippen LogP contribution in [0, 0.1) is 0 Å². The molecule has 0 unspecified atom stereocenters. The van der Waals surface area contributed by atoms with E-state index in [1.807, 2.05) is 7.05 Å². The standard InChI is InChI=1S/C11H21N3/c1-4-6-8-14-10(7-5-2)9-11(12-3)13-14/h9H,4-8H2,1-3H3,(H,12,13). The van der Waals surface area contributed by atoms with Gasteiger partial charge in [-0.15, -0.1) is 0 Å². The van der Waals surface area contributed by atoms with E-state index >= 15 is 0 Å². The lowest BCUT2D eigenvalue weighted by molar-refractivity contribution is 0.547. The highest BCUT2D eigenvalue weighted by Gasteiger charge is 2.04. The van der Waals surface area contributed by atoms with Gasteiger partial charge in [-0.25, -0.2) is 0 Å². The molecule has 80 valence electrons. The van der Waals surface area contributed by atoms with Crippen molar-refractivity contribution >= 4 is 5.82 Å². The second kappa shape index (κ2) is 5.68. The van der Waals surface area contributed by atoms with Crippen LogP contribution in [0.5, 0.6) is 0 Å². The molecule has 0 atom stereocenters. The van der Waals surface area contributed by atoms with Gasteiger partial charge in [-0.2, -0.15) is 5.10 Å². The molecule has 0 bridgehead atoms. The largest absolute Gasteiger partial charge is 0.372 e. The van der Waals surface area contributed by atoms with Crippen molar-refractivity contribution in [2.75, 3.05) is 12.4 Å². The Morgan fingerprint density at radius 1 is 1.36 bits per heavy atom. The first kappa shape index (κ1) is 11.1. The minimum Gasteiger partial charge on any atom is -0.372 e. The lowest BCUT2D eigenvalue weighted by atomic mass is 10.2. The number of rotatable bonds is 6. The summed E-state index contributed by atoms with van der Waals surface area (Å²) in [4.78, 5) is 0. The number of hydrogen-bond acceptors (Lipinski definition) is 2. The first-order valence-corrected chi connectivity index (χ1v) is 5.56. The van der Waals surface area contributed by atoms with Crippen molar-refractivity contribution in [3.05, 3.63) is 11.8 Å². The molecule has 0 aliphatic heterocycles. The molecule has 1 aromatic heterocycles. The predicted molar refractivity (Wildman–Crippen MR) is 60.7 cm³/mol. The van der Waals surface area contributed by atoms with E-state index in [9.17, 15) is 0 Å². The number of aryl methyl sites for hydroxylation is 2. The Kier molecular flexibility index (Phi) is 4.50. The van der Waals surface area contributed by atoms with Gasteiger partial charge in [0.15, 0.2) is 0 Å². The molecule has 1 aromatic rings. The molecule has 0 spiro atoms. The third-order valence-electron chi connectivity index (χ3n) is 2.35. The van der Waals surface area contributed by atoms with Gasteiger partial charge >= 0.3 is 0 Å². The summed E-state index contributed by atoms with van der Waals surface area (Å²) in [6.45, 7) is 5.46. The van der Waals surface area contributed by atoms with E-state index in [4.69, 9.17) is 0 Å². The van der Waals surface area contributed by atoms with Gasteiger partial charge in [0.05, 0.1) is 0 Å². The molecular formula is C11H21N3. The molecular weight excluding hydrogens is 174 g/mol. The van der Waals surface area contributed by atoms with E-state index in [-0.39, 0.29) is 0 Å². The minimum absolute atomic E-state index is 0.990. The average Bonchev–Trinajstić information content (AvgIpc) is 2.58. The van der Waals surface area contributed by atoms with Gasteiger partial charge < -0.3 is 5.32 Å². The van der Waals surface area contributed by atoms with Crippen molar-refractivity contribution < 1.29 is 0 Å². The Hall–Kier alpha value is -0.990. The zero-order valence-electron chi connectivity index (χ0n) is 9.51. The van der Waals surface area contributed by atoms with Gasteiger partial charge in [-0.05, 0) is 12.8 Å². The third-order valence-corrected chi connectivity index (χ3v) is 2.35. The average molecular weight is 195 g/mol. The Balaban J connectivity index is 2.71. The predicted octanol–water partition coefficient (Wildman–Crippen LogP) is 2.68. The topological polar surface area (TPSA) is 29.9 Å². The van der Waals surface area contributed by atoms with Crippen LogP contribution >= 0.6 is 0 Å². The van der Waals surface area contributed by atoms with Gasteiger partial charge in [0.2, 0.25) is 0 Å². The Bertz CT molecular complexity index is 265. The number of nitrogens with one attached hydrogen (secondary N) is 1. The highest BCUT2D eigenvalue weighted by Crippen LogP contribution is 2.11. The van der Waals surface area contributed by atoms with E-state index in [2.05, 4.69) is 35.0 Å². The lowest BCUT2D eigenvalue weighted by Crippen LogP contribution is -2.05. The maximum atomic E-state index is 4.49. The normalized spacial score (nSPS) is 10.5. The first-order chi connectivity index (χ1) is 6.81. The Morgan fingerprint density at radius 3 is 2.71 bits per heavy atom. The van der Waals surface area contributed by atoms with Gasteiger partial charge in [0.25, 0.3) is 0 Å². The Morgan fingerprint density at radius 2 is 2.14 bits per heavy atom. The summed E-state index contributed by atoms with van der Waals surface area (Å²) >= 11 is 0. The van der Waals surface area contributed by atoms with Crippen LogP contribution in [-0.2, 0) is 13.0 Å². The van der Waals surface area contributed by atoms with E-state index in [0.29, 0.717) is 0 Å². The maximum Gasteiger partial charge on any atom is 0.148 e. The van der Waals surface area contributed by atoms with Crippen LogP contribution in [0.3, 0.4) is 0 Å². The third kappa shape index (κ3) is 2.76. The van der Waals surface area contributed by atoms with Crippen molar-refractivity contribution in [1.82, 2.24) is 9.78 Å². The molecule has 0 amide bonds. The highest BCUT2D eigenvalue weighted by atomic mass is 15.3. The molecule has 14 heavy (non-hydrogen) atoms. The summed E-state index contributed by atoms with van der Waals surface area (Å²) in [6, 6.07) is 2.15. The molecule has 0 radical (unpaired) electrons. The molecule has 3 heteroatoms. The van der Waals surface area contributed by atoms with Crippen LogP contribution < -0.4 is 5.32 Å². The van der Waals surface area contributed by atoms with Crippen LogP contribution in [-0.4, -0.2) is 16.8 Å². The Labute approximate surface area is 86.5 Å². The summed E-state index contributed by atoms with van der Waals surface area (Å²) in [5.74, 6) is 0.990. The highest BCUT2D eigenvalue weighted by molar-refractivity contribution is 5.35. The van der Waals surface area contributed by atoms with Crippen LogP contribution in [0.2, 0.25) is 0 Å². The van der Waals surface area contributed by atoms with Crippen LogP contribution in [0.15, 0.2) is 6.07 Å². The fraction of sp³-hybridized carbons (Fsp3) is 0.727. The fourth-order valence-electron chi connectivity index (χ4n) is 1.54. The van der Waals surface area contributed by atoms with Gasteiger partial charge in [0, 0.05) is 25.4 Å². The zero-order valence-corrected chi connectivity index (χ0v) is 9.51. The van der Waals surface area contributed by atoms with Gasteiger partial charge in [-0.1, -0.05) is 26.7 Å². The molecule has 0 aromatic carbocycles. The van der Waals surface area contributed by atoms with Gasteiger partial charge in [-0.3, -0.25) is 4.68 Å². The minimum atomic E-state index is 0.990. The summed E-state index contributed by atoms with van der Waals surface area (Å²) < 4.78 is 2.14. The van der Waals surface area contributed by atoms with Crippen LogP contribution in [0.1, 0.15) is 38.8 Å². The van der Waals surface area contributed by atoms with Crippen molar-refractivity contribution in [1.29, 1.82) is 0 Å². The number of unbranched alkanes of at least 4 members (excludes halogenated alkanes) is 1. The summed E-state index contributed by atoms with van der Waals surface area (Å²) in [6.07, 6.45) is 4.74. The molecule has 1 rings (SSSR count). The molecule has 1 N–H and O–H groups in total. The lowest BCUT2D eigenvalue weighted by Gasteiger charge is -2.04. The van der Waals surface area contributed by atoms with Crippen LogP contribution in [0.25, 0.3) is 0 Å². The summed E-state index contributed by atoms with van der Waals surface area (Å²) in [7, 11) is 1.92. The van der Waals surface area contributed by atoms with Crippen molar-refractivity contribution in [2.45, 2.75) is 46.1 Å². The molecule has 0 fully saturated rings. The van der Waals surface area contributed by atoms with E-state index in [1.165, 1.54) is 25.0 Å². The molecule has 3 nitrogen and oxygen atoms in total. The summed E-state index contributed by atoms with van der Waals surface area (Å²) in [5, 5.41) is 7.58. The monoisotopic (exact) mass is 195 g/mol. The second-order valence-corrected chi connectivity index (χ2v) is 3.60. The van der Waals surface area contributed by atoms with Crippen molar-refractivity contribution in [3.8, 4) is 0 Å². The second-order valence-electron chi connectivity index (χ2n) is 3.60.